The third-order valence-corrected chi connectivity index (χ3v) is 2.67. The molecule has 1 N–H and O–H groups in total. The summed E-state index contributed by atoms with van der Waals surface area (Å²) in [4.78, 5) is 0. The van der Waals surface area contributed by atoms with Gasteiger partial charge in [-0.1, -0.05) is 0 Å². The van der Waals surface area contributed by atoms with Crippen molar-refractivity contribution in [1.82, 2.24) is 0 Å². The minimum Gasteiger partial charge on any atom is -0.494 e. The van der Waals surface area contributed by atoms with Crippen LogP contribution in [0.15, 0.2) is 12.1 Å². The highest BCUT2D eigenvalue weighted by molar-refractivity contribution is 5.33. The molecule has 2 nitrogen and oxygen atoms in total. The normalized spacial score (nSPS) is 17.6. The van der Waals surface area contributed by atoms with Gasteiger partial charge >= 0.3 is 0 Å². The number of ether oxygens (including phenoxy) is 1. The summed E-state index contributed by atoms with van der Waals surface area (Å²) in [6, 6.07) is 2.10. The van der Waals surface area contributed by atoms with E-state index in [1.54, 1.807) is 0 Å². The van der Waals surface area contributed by atoms with Crippen molar-refractivity contribution < 1.29 is 18.6 Å². The van der Waals surface area contributed by atoms with Gasteiger partial charge in [0.1, 0.15) is 5.82 Å². The maximum absolute atomic E-state index is 13.3. The molecule has 0 aliphatic heterocycles. The third-order valence-electron chi connectivity index (χ3n) is 2.67. The van der Waals surface area contributed by atoms with Gasteiger partial charge in [0.05, 0.1) is 12.7 Å². The van der Waals surface area contributed by atoms with Crippen LogP contribution in [0, 0.1) is 11.6 Å². The molecular weight excluding hydrogens is 202 g/mol. The molecule has 1 fully saturated rings. The van der Waals surface area contributed by atoms with E-state index in [0.29, 0.717) is 18.4 Å². The number of halogens is 2. The fourth-order valence-corrected chi connectivity index (χ4v) is 1.54. The van der Waals surface area contributed by atoms with E-state index in [-0.39, 0.29) is 12.2 Å². The Kier molecular flexibility index (Phi) is 2.38. The summed E-state index contributed by atoms with van der Waals surface area (Å²) >= 11 is 0. The van der Waals surface area contributed by atoms with Crippen molar-refractivity contribution in [2.24, 2.45) is 0 Å². The Hall–Kier alpha value is -1.16. The van der Waals surface area contributed by atoms with Gasteiger partial charge in [-0.2, -0.15) is 0 Å². The Morgan fingerprint density at radius 3 is 2.53 bits per heavy atom. The lowest BCUT2D eigenvalue weighted by molar-refractivity contribution is 0.149. The molecule has 1 aromatic rings. The van der Waals surface area contributed by atoms with E-state index in [9.17, 15) is 13.9 Å². The molecule has 0 spiro atoms. The van der Waals surface area contributed by atoms with Crippen LogP contribution in [0.3, 0.4) is 0 Å². The van der Waals surface area contributed by atoms with Gasteiger partial charge in [0.25, 0.3) is 0 Å². The summed E-state index contributed by atoms with van der Waals surface area (Å²) in [7, 11) is 1.33. The van der Waals surface area contributed by atoms with Crippen LogP contribution in [-0.4, -0.2) is 17.8 Å². The fraction of sp³-hybridized carbons (Fsp3) is 0.455. The van der Waals surface area contributed by atoms with Crippen LogP contribution in [0.4, 0.5) is 8.78 Å². The topological polar surface area (TPSA) is 29.5 Å². The average Bonchev–Trinajstić information content (AvgIpc) is 2.89. The van der Waals surface area contributed by atoms with Crippen molar-refractivity contribution >= 4 is 0 Å². The van der Waals surface area contributed by atoms with Crippen LogP contribution < -0.4 is 4.74 Å². The first-order valence-corrected chi connectivity index (χ1v) is 4.78. The number of aliphatic hydroxyl groups is 1. The lowest BCUT2D eigenvalue weighted by atomic mass is 10.1. The maximum atomic E-state index is 13.3. The summed E-state index contributed by atoms with van der Waals surface area (Å²) in [5.74, 6) is -1.34. The largest absolute Gasteiger partial charge is 0.494 e. The third kappa shape index (κ3) is 2.09. The van der Waals surface area contributed by atoms with Crippen molar-refractivity contribution in [3.63, 3.8) is 0 Å². The second-order valence-electron chi connectivity index (χ2n) is 3.98. The van der Waals surface area contributed by atoms with Gasteiger partial charge < -0.3 is 9.84 Å². The van der Waals surface area contributed by atoms with Gasteiger partial charge in [-0.05, 0) is 24.5 Å². The zero-order valence-corrected chi connectivity index (χ0v) is 8.39. The van der Waals surface area contributed by atoms with E-state index in [4.69, 9.17) is 4.74 Å². The number of hydrogen-bond donors (Lipinski definition) is 1. The Bertz CT molecular complexity index is 386. The molecule has 15 heavy (non-hydrogen) atoms. The van der Waals surface area contributed by atoms with Crippen LogP contribution in [0.2, 0.25) is 0 Å². The lowest BCUT2D eigenvalue weighted by Gasteiger charge is -2.10. The van der Waals surface area contributed by atoms with Gasteiger partial charge in [-0.3, -0.25) is 0 Å². The molecule has 1 aliphatic rings. The molecule has 0 aromatic heterocycles. The first-order valence-electron chi connectivity index (χ1n) is 4.78. The number of benzene rings is 1. The standard InChI is InChI=1S/C11H12F2O2/c1-15-10-4-7(6-11(14)2-3-11)8(12)5-9(10)13/h4-5,14H,2-3,6H2,1H3. The van der Waals surface area contributed by atoms with Crippen LogP contribution in [-0.2, 0) is 6.42 Å². The average molecular weight is 214 g/mol. The predicted molar refractivity (Wildman–Crippen MR) is 50.8 cm³/mol. The molecule has 0 heterocycles. The molecule has 0 unspecified atom stereocenters. The van der Waals surface area contributed by atoms with Crippen LogP contribution in [0.1, 0.15) is 18.4 Å². The van der Waals surface area contributed by atoms with Gasteiger partial charge in [0.2, 0.25) is 0 Å². The monoisotopic (exact) mass is 214 g/mol. The molecule has 1 saturated carbocycles. The molecule has 0 saturated heterocycles. The molecule has 1 aromatic carbocycles. The summed E-state index contributed by atoms with van der Waals surface area (Å²) in [6.45, 7) is 0. The Morgan fingerprint density at radius 2 is 2.00 bits per heavy atom. The van der Waals surface area contributed by atoms with E-state index in [1.807, 2.05) is 0 Å². The van der Waals surface area contributed by atoms with E-state index in [0.717, 1.165) is 6.07 Å². The first kappa shape index (κ1) is 10.4. The maximum Gasteiger partial charge on any atom is 0.167 e. The zero-order chi connectivity index (χ0) is 11.1. The summed E-state index contributed by atoms with van der Waals surface area (Å²) < 4.78 is 31.1. The first-order chi connectivity index (χ1) is 7.04. The van der Waals surface area contributed by atoms with Crippen molar-refractivity contribution in [3.05, 3.63) is 29.3 Å². The van der Waals surface area contributed by atoms with E-state index < -0.39 is 17.2 Å². The van der Waals surface area contributed by atoms with Crippen molar-refractivity contribution in [1.29, 1.82) is 0 Å². The highest BCUT2D eigenvalue weighted by Gasteiger charge is 2.40. The Labute approximate surface area is 86.5 Å². The van der Waals surface area contributed by atoms with Crippen LogP contribution in [0.5, 0.6) is 5.75 Å². The molecule has 0 atom stereocenters. The smallest absolute Gasteiger partial charge is 0.167 e. The van der Waals surface area contributed by atoms with Crippen LogP contribution >= 0.6 is 0 Å². The number of rotatable bonds is 3. The summed E-state index contributed by atoms with van der Waals surface area (Å²) in [5.41, 5.74) is -0.489. The Balaban J connectivity index is 2.29. The van der Waals surface area contributed by atoms with Crippen molar-refractivity contribution in [3.8, 4) is 5.75 Å². The number of hydrogen-bond acceptors (Lipinski definition) is 2. The molecular formula is C11H12F2O2. The van der Waals surface area contributed by atoms with Crippen molar-refractivity contribution in [2.75, 3.05) is 7.11 Å². The highest BCUT2D eigenvalue weighted by atomic mass is 19.1. The second kappa shape index (κ2) is 3.45. The molecule has 1 aliphatic carbocycles. The fourth-order valence-electron chi connectivity index (χ4n) is 1.54. The van der Waals surface area contributed by atoms with Gasteiger partial charge in [-0.25, -0.2) is 8.78 Å². The summed E-state index contributed by atoms with van der Waals surface area (Å²) in [5, 5.41) is 9.64. The number of methoxy groups -OCH3 is 1. The van der Waals surface area contributed by atoms with Gasteiger partial charge in [0.15, 0.2) is 11.6 Å². The molecule has 4 heteroatoms. The van der Waals surface area contributed by atoms with Crippen LogP contribution in [0.25, 0.3) is 0 Å². The van der Waals surface area contributed by atoms with E-state index in [1.165, 1.54) is 13.2 Å². The van der Waals surface area contributed by atoms with E-state index in [2.05, 4.69) is 0 Å². The van der Waals surface area contributed by atoms with Gasteiger partial charge in [-0.15, -0.1) is 0 Å². The minimum absolute atomic E-state index is 0.00986. The van der Waals surface area contributed by atoms with E-state index >= 15 is 0 Å². The lowest BCUT2D eigenvalue weighted by Crippen LogP contribution is -2.12. The molecule has 2 rings (SSSR count). The SMILES string of the molecule is COc1cc(CC2(O)CC2)c(F)cc1F. The predicted octanol–water partition coefficient (Wildman–Crippen LogP) is 2.04. The zero-order valence-electron chi connectivity index (χ0n) is 8.39. The molecule has 82 valence electrons. The molecule has 0 radical (unpaired) electrons. The minimum atomic E-state index is -0.788. The van der Waals surface area contributed by atoms with Crippen molar-refractivity contribution in [2.45, 2.75) is 24.9 Å². The molecule has 0 bridgehead atoms. The quantitative estimate of drug-likeness (QED) is 0.834. The van der Waals surface area contributed by atoms with Gasteiger partial charge in [0, 0.05) is 12.5 Å². The Morgan fingerprint density at radius 1 is 1.33 bits per heavy atom. The summed E-state index contributed by atoms with van der Waals surface area (Å²) in [6.07, 6.45) is 1.56. The highest BCUT2D eigenvalue weighted by Crippen LogP contribution is 2.39. The molecule has 0 amide bonds. The second-order valence-corrected chi connectivity index (χ2v) is 3.98.